The molecule has 2 saturated heterocycles. The minimum Gasteiger partial charge on any atom is -0.349 e. The van der Waals surface area contributed by atoms with Gasteiger partial charge in [-0.25, -0.2) is 4.39 Å². The van der Waals surface area contributed by atoms with Crippen molar-refractivity contribution < 1.29 is 14.0 Å². The van der Waals surface area contributed by atoms with Gasteiger partial charge in [0.25, 0.3) is 5.91 Å². The van der Waals surface area contributed by atoms with Crippen LogP contribution in [0.5, 0.6) is 0 Å². The molecule has 2 aromatic carbocycles. The van der Waals surface area contributed by atoms with E-state index in [1.165, 1.54) is 23.8 Å². The molecule has 9 heteroatoms. The van der Waals surface area contributed by atoms with E-state index in [1.807, 2.05) is 24.4 Å². The highest BCUT2D eigenvalue weighted by Crippen LogP contribution is 2.32. The van der Waals surface area contributed by atoms with E-state index in [4.69, 9.17) is 11.6 Å². The van der Waals surface area contributed by atoms with E-state index in [9.17, 15) is 14.0 Å². The number of rotatable bonds is 9. The predicted molar refractivity (Wildman–Crippen MR) is 151 cm³/mol. The van der Waals surface area contributed by atoms with Crippen molar-refractivity contribution >= 4 is 23.4 Å². The molecule has 0 bridgehead atoms. The third kappa shape index (κ3) is 6.87. The van der Waals surface area contributed by atoms with Crippen LogP contribution in [0.2, 0.25) is 5.02 Å². The molecule has 0 radical (unpaired) electrons. The van der Waals surface area contributed by atoms with Gasteiger partial charge in [-0.15, -0.1) is 0 Å². The summed E-state index contributed by atoms with van der Waals surface area (Å²) in [5.41, 5.74) is 2.23. The van der Waals surface area contributed by atoms with Crippen LogP contribution in [0, 0.1) is 11.7 Å². The van der Waals surface area contributed by atoms with E-state index in [-0.39, 0.29) is 28.5 Å². The van der Waals surface area contributed by atoms with Crippen molar-refractivity contribution in [1.82, 2.24) is 24.9 Å². The highest BCUT2D eigenvalue weighted by atomic mass is 35.5. The third-order valence-corrected chi connectivity index (χ3v) is 8.42. The Balaban J connectivity index is 1.15. The molecule has 39 heavy (non-hydrogen) atoms. The highest BCUT2D eigenvalue weighted by molar-refractivity contribution is 6.33. The lowest BCUT2D eigenvalue weighted by molar-refractivity contribution is -0.122. The zero-order valence-corrected chi connectivity index (χ0v) is 23.2. The Hall–Kier alpha value is -2.78. The fourth-order valence-corrected chi connectivity index (χ4v) is 6.01. The van der Waals surface area contributed by atoms with Crippen molar-refractivity contribution in [3.63, 3.8) is 0 Å². The molecule has 0 aromatic heterocycles. The Bertz CT molecular complexity index is 1180. The Kier molecular flexibility index (Phi) is 8.97. The van der Waals surface area contributed by atoms with Gasteiger partial charge in [0.15, 0.2) is 0 Å². The Labute approximate surface area is 235 Å². The third-order valence-electron chi connectivity index (χ3n) is 8.11. The van der Waals surface area contributed by atoms with Crippen molar-refractivity contribution in [2.75, 3.05) is 66.0 Å². The van der Waals surface area contributed by atoms with Crippen LogP contribution in [0.3, 0.4) is 0 Å². The van der Waals surface area contributed by atoms with E-state index in [0.29, 0.717) is 13.0 Å². The number of carbonyl (C=O) groups excluding carboxylic acids is 2. The number of benzene rings is 2. The molecular formula is C30H37ClFN5O2. The average molecular weight is 554 g/mol. The number of nitrogens with zero attached hydrogens (tertiary/aromatic N) is 4. The fraction of sp³-hybridized carbons (Fsp3) is 0.467. The first kappa shape index (κ1) is 27.8. The average Bonchev–Trinajstić information content (AvgIpc) is 3.50. The number of piperazine rings is 1. The number of fused-ring (bicyclic) bond motifs is 1. The molecule has 3 aliphatic rings. The van der Waals surface area contributed by atoms with Crippen molar-refractivity contribution in [3.8, 4) is 0 Å². The molecule has 2 aromatic rings. The van der Waals surface area contributed by atoms with Gasteiger partial charge in [0.05, 0.1) is 16.6 Å². The van der Waals surface area contributed by atoms with E-state index < -0.39 is 11.7 Å². The van der Waals surface area contributed by atoms with Crippen LogP contribution in [0.4, 0.5) is 4.39 Å². The van der Waals surface area contributed by atoms with Crippen molar-refractivity contribution in [1.29, 1.82) is 0 Å². The second kappa shape index (κ2) is 12.6. The van der Waals surface area contributed by atoms with Crippen molar-refractivity contribution in [2.45, 2.75) is 18.9 Å². The smallest absolute Gasteiger partial charge is 0.262 e. The molecule has 1 N–H and O–H groups in total. The number of likely N-dealkylation sites (N-methyl/N-ethyl adjacent to an activating group) is 1. The number of carbonyl (C=O) groups is 2. The molecule has 0 aliphatic carbocycles. The van der Waals surface area contributed by atoms with Crippen molar-refractivity contribution in [2.24, 2.45) is 5.92 Å². The number of halogens is 2. The summed E-state index contributed by atoms with van der Waals surface area (Å²) < 4.78 is 14.3. The Morgan fingerprint density at radius 2 is 1.77 bits per heavy atom. The lowest BCUT2D eigenvalue weighted by Crippen LogP contribution is -2.45. The largest absolute Gasteiger partial charge is 0.349 e. The number of nitrogens with one attached hydrogen (secondary N) is 1. The molecular weight excluding hydrogens is 517 g/mol. The van der Waals surface area contributed by atoms with Crippen LogP contribution in [0.1, 0.15) is 34.8 Å². The summed E-state index contributed by atoms with van der Waals surface area (Å²) >= 11 is 6.12. The lowest BCUT2D eigenvalue weighted by atomic mass is 10.0. The van der Waals surface area contributed by atoms with Crippen LogP contribution < -0.4 is 5.32 Å². The molecule has 2 fully saturated rings. The number of hydrogen-bond donors (Lipinski definition) is 1. The monoisotopic (exact) mass is 553 g/mol. The zero-order chi connectivity index (χ0) is 27.4. The van der Waals surface area contributed by atoms with Gasteiger partial charge >= 0.3 is 0 Å². The van der Waals surface area contributed by atoms with Gasteiger partial charge in [-0.05, 0) is 36.7 Å². The molecule has 2 amide bonds. The summed E-state index contributed by atoms with van der Waals surface area (Å²) in [6.45, 7) is 7.85. The molecule has 5 rings (SSSR count). The van der Waals surface area contributed by atoms with Gasteiger partial charge in [-0.2, -0.15) is 0 Å². The first-order chi connectivity index (χ1) is 18.9. The normalized spacial score (nSPS) is 21.1. The SMILES string of the molecule is CN1CCN(CCC(=O)N[C@@H](CCN2CC3=CN(C(=O)c4c(F)cccc4Cl)CC3C2)c2ccccc2)CC1. The van der Waals surface area contributed by atoms with Crippen LogP contribution >= 0.6 is 11.6 Å². The molecule has 3 heterocycles. The van der Waals surface area contributed by atoms with Gasteiger partial charge in [-0.3, -0.25) is 14.5 Å². The maximum Gasteiger partial charge on any atom is 0.262 e. The van der Waals surface area contributed by atoms with Gasteiger partial charge in [0, 0.05) is 77.4 Å². The van der Waals surface area contributed by atoms with E-state index >= 15 is 0 Å². The second-order valence-corrected chi connectivity index (χ2v) is 11.3. The summed E-state index contributed by atoms with van der Waals surface area (Å²) in [5.74, 6) is -0.672. The van der Waals surface area contributed by atoms with Gasteiger partial charge in [0.2, 0.25) is 5.91 Å². The molecule has 0 saturated carbocycles. The predicted octanol–water partition coefficient (Wildman–Crippen LogP) is 3.64. The van der Waals surface area contributed by atoms with E-state index in [1.54, 1.807) is 4.90 Å². The number of likely N-dealkylation sites (tertiary alicyclic amines) is 1. The summed E-state index contributed by atoms with van der Waals surface area (Å²) in [7, 11) is 2.13. The molecule has 0 spiro atoms. The molecule has 3 aliphatic heterocycles. The minimum atomic E-state index is -0.595. The first-order valence-electron chi connectivity index (χ1n) is 13.8. The first-order valence-corrected chi connectivity index (χ1v) is 14.2. The van der Waals surface area contributed by atoms with Crippen LogP contribution in [-0.4, -0.2) is 97.4 Å². The maximum atomic E-state index is 14.3. The lowest BCUT2D eigenvalue weighted by Gasteiger charge is -2.32. The molecule has 7 nitrogen and oxygen atoms in total. The summed E-state index contributed by atoms with van der Waals surface area (Å²) in [4.78, 5) is 34.5. The van der Waals surface area contributed by atoms with Crippen LogP contribution in [0.15, 0.2) is 60.3 Å². The summed E-state index contributed by atoms with van der Waals surface area (Å²) in [6, 6.07) is 14.4. The molecule has 1 unspecified atom stereocenters. The Morgan fingerprint density at radius 1 is 1.00 bits per heavy atom. The van der Waals surface area contributed by atoms with Gasteiger partial charge < -0.3 is 20.0 Å². The maximum absolute atomic E-state index is 14.3. The van der Waals surface area contributed by atoms with Crippen molar-refractivity contribution in [3.05, 3.63) is 82.3 Å². The Morgan fingerprint density at radius 3 is 2.49 bits per heavy atom. The van der Waals surface area contributed by atoms with Gasteiger partial charge in [0.1, 0.15) is 5.82 Å². The molecule has 2 atom stereocenters. The quantitative estimate of drug-likeness (QED) is 0.514. The highest BCUT2D eigenvalue weighted by Gasteiger charge is 2.36. The minimum absolute atomic E-state index is 0.0538. The number of hydrogen-bond acceptors (Lipinski definition) is 5. The van der Waals surface area contributed by atoms with Gasteiger partial charge in [-0.1, -0.05) is 48.0 Å². The van der Waals surface area contributed by atoms with E-state index in [0.717, 1.165) is 64.3 Å². The topological polar surface area (TPSA) is 59.1 Å². The van der Waals surface area contributed by atoms with Crippen LogP contribution in [-0.2, 0) is 4.79 Å². The van der Waals surface area contributed by atoms with E-state index in [2.05, 4.69) is 39.2 Å². The summed E-state index contributed by atoms with van der Waals surface area (Å²) in [5, 5.41) is 3.42. The zero-order valence-electron chi connectivity index (χ0n) is 22.5. The molecule has 208 valence electrons. The fourth-order valence-electron chi connectivity index (χ4n) is 5.77. The standard InChI is InChI=1S/C30H37ClFN5O2/c1-34-14-16-35(17-15-34)13-11-28(38)33-27(22-6-3-2-4-7-22)10-12-36-18-23-20-37(21-24(23)19-36)30(39)29-25(31)8-5-9-26(29)32/h2-9,20,24,27H,10-19,21H2,1H3,(H,33,38)/t24?,27-/m0/s1. The summed E-state index contributed by atoms with van der Waals surface area (Å²) in [6.07, 6.45) is 3.17. The number of amides is 2. The van der Waals surface area contributed by atoms with Crippen LogP contribution in [0.25, 0.3) is 0 Å². The second-order valence-electron chi connectivity index (χ2n) is 10.9.